The SMILES string of the molecule is CCOC(=O)CCCNCCOc1ccccc1C(C)=O. The van der Waals surface area contributed by atoms with Crippen LogP contribution in [-0.4, -0.2) is 38.1 Å². The number of hydrogen-bond donors (Lipinski definition) is 1. The van der Waals surface area contributed by atoms with E-state index in [0.29, 0.717) is 37.5 Å². The van der Waals surface area contributed by atoms with Gasteiger partial charge in [-0.15, -0.1) is 0 Å². The highest BCUT2D eigenvalue weighted by atomic mass is 16.5. The van der Waals surface area contributed by atoms with Crippen LogP contribution in [0.2, 0.25) is 0 Å². The summed E-state index contributed by atoms with van der Waals surface area (Å²) >= 11 is 0. The summed E-state index contributed by atoms with van der Waals surface area (Å²) in [6.45, 7) is 5.62. The zero-order valence-electron chi connectivity index (χ0n) is 12.7. The van der Waals surface area contributed by atoms with Gasteiger partial charge in [0.15, 0.2) is 5.78 Å². The maximum absolute atomic E-state index is 11.4. The number of rotatable bonds is 10. The molecule has 0 heterocycles. The van der Waals surface area contributed by atoms with Crippen LogP contribution in [0.4, 0.5) is 0 Å². The van der Waals surface area contributed by atoms with E-state index >= 15 is 0 Å². The van der Waals surface area contributed by atoms with Crippen LogP contribution in [0.5, 0.6) is 5.75 Å². The molecule has 0 aliphatic heterocycles. The summed E-state index contributed by atoms with van der Waals surface area (Å²) in [6.07, 6.45) is 1.16. The van der Waals surface area contributed by atoms with E-state index in [4.69, 9.17) is 9.47 Å². The van der Waals surface area contributed by atoms with Crippen molar-refractivity contribution in [2.75, 3.05) is 26.3 Å². The number of benzene rings is 1. The minimum absolute atomic E-state index is 0.00649. The van der Waals surface area contributed by atoms with E-state index in [9.17, 15) is 9.59 Å². The Bertz CT molecular complexity index is 459. The van der Waals surface area contributed by atoms with Gasteiger partial charge in [0.25, 0.3) is 0 Å². The van der Waals surface area contributed by atoms with E-state index < -0.39 is 0 Å². The third kappa shape index (κ3) is 6.90. The molecule has 1 rings (SSSR count). The van der Waals surface area contributed by atoms with Crippen LogP contribution >= 0.6 is 0 Å². The van der Waals surface area contributed by atoms with Crippen molar-refractivity contribution in [3.63, 3.8) is 0 Å². The van der Waals surface area contributed by atoms with Crippen LogP contribution in [0, 0.1) is 0 Å². The van der Waals surface area contributed by atoms with E-state index in [0.717, 1.165) is 13.0 Å². The Labute approximate surface area is 125 Å². The lowest BCUT2D eigenvalue weighted by Gasteiger charge is -2.10. The van der Waals surface area contributed by atoms with Gasteiger partial charge in [-0.2, -0.15) is 0 Å². The predicted octanol–water partition coefficient (Wildman–Crippen LogP) is 2.20. The summed E-state index contributed by atoms with van der Waals surface area (Å²) in [6, 6.07) is 7.20. The number of carbonyl (C=O) groups is 2. The molecule has 5 heteroatoms. The Balaban J connectivity index is 2.15. The third-order valence-electron chi connectivity index (χ3n) is 2.84. The smallest absolute Gasteiger partial charge is 0.305 e. The first-order valence-electron chi connectivity index (χ1n) is 7.24. The van der Waals surface area contributed by atoms with Gasteiger partial charge in [0.2, 0.25) is 0 Å². The fourth-order valence-corrected chi connectivity index (χ4v) is 1.83. The fourth-order valence-electron chi connectivity index (χ4n) is 1.83. The van der Waals surface area contributed by atoms with Crippen LogP contribution in [0.15, 0.2) is 24.3 Å². The van der Waals surface area contributed by atoms with Crippen molar-refractivity contribution in [1.82, 2.24) is 5.32 Å². The van der Waals surface area contributed by atoms with Crippen molar-refractivity contribution >= 4 is 11.8 Å². The summed E-state index contributed by atoms with van der Waals surface area (Å²) in [7, 11) is 0. The molecular weight excluding hydrogens is 270 g/mol. The molecule has 0 bridgehead atoms. The fraction of sp³-hybridized carbons (Fsp3) is 0.500. The highest BCUT2D eigenvalue weighted by Crippen LogP contribution is 2.17. The zero-order valence-corrected chi connectivity index (χ0v) is 12.7. The first-order chi connectivity index (χ1) is 10.1. The van der Waals surface area contributed by atoms with Crippen LogP contribution in [0.25, 0.3) is 0 Å². The molecule has 0 amide bonds. The molecule has 5 nitrogen and oxygen atoms in total. The van der Waals surface area contributed by atoms with Crippen LogP contribution in [0.3, 0.4) is 0 Å². The van der Waals surface area contributed by atoms with Gasteiger partial charge in [0, 0.05) is 13.0 Å². The quantitative estimate of drug-likeness (QED) is 0.407. The van der Waals surface area contributed by atoms with Gasteiger partial charge in [0.1, 0.15) is 12.4 Å². The average molecular weight is 293 g/mol. The highest BCUT2D eigenvalue weighted by molar-refractivity contribution is 5.96. The van der Waals surface area contributed by atoms with Crippen molar-refractivity contribution < 1.29 is 19.1 Å². The maximum Gasteiger partial charge on any atom is 0.305 e. The van der Waals surface area contributed by atoms with Crippen molar-refractivity contribution in [3.8, 4) is 5.75 Å². The lowest BCUT2D eigenvalue weighted by Crippen LogP contribution is -2.23. The topological polar surface area (TPSA) is 64.6 Å². The predicted molar refractivity (Wildman–Crippen MR) is 80.7 cm³/mol. The summed E-state index contributed by atoms with van der Waals surface area (Å²) in [4.78, 5) is 22.5. The summed E-state index contributed by atoms with van der Waals surface area (Å²) in [5, 5.41) is 3.18. The lowest BCUT2D eigenvalue weighted by atomic mass is 10.1. The zero-order chi connectivity index (χ0) is 15.5. The summed E-state index contributed by atoms with van der Waals surface area (Å²) in [5.41, 5.74) is 0.597. The number of nitrogens with one attached hydrogen (secondary N) is 1. The molecule has 21 heavy (non-hydrogen) atoms. The first-order valence-corrected chi connectivity index (χ1v) is 7.24. The van der Waals surface area contributed by atoms with Crippen LogP contribution < -0.4 is 10.1 Å². The summed E-state index contributed by atoms with van der Waals surface area (Å²) < 4.78 is 10.4. The van der Waals surface area contributed by atoms with Crippen LogP contribution in [-0.2, 0) is 9.53 Å². The van der Waals surface area contributed by atoms with Gasteiger partial charge in [0.05, 0.1) is 12.2 Å². The van der Waals surface area contributed by atoms with Gasteiger partial charge in [-0.05, 0) is 38.9 Å². The second-order valence-electron chi connectivity index (χ2n) is 4.56. The van der Waals surface area contributed by atoms with E-state index in [2.05, 4.69) is 5.32 Å². The molecule has 0 aromatic heterocycles. The van der Waals surface area contributed by atoms with E-state index in [1.54, 1.807) is 19.1 Å². The van der Waals surface area contributed by atoms with Gasteiger partial charge in [-0.1, -0.05) is 12.1 Å². The molecule has 1 N–H and O–H groups in total. The molecule has 1 aromatic rings. The normalized spacial score (nSPS) is 10.2. The van der Waals surface area contributed by atoms with Crippen molar-refractivity contribution in [2.24, 2.45) is 0 Å². The molecule has 0 atom stereocenters. The highest BCUT2D eigenvalue weighted by Gasteiger charge is 2.06. The molecule has 0 aliphatic carbocycles. The second-order valence-corrected chi connectivity index (χ2v) is 4.56. The Hall–Kier alpha value is -1.88. The molecule has 0 radical (unpaired) electrons. The molecule has 1 aromatic carbocycles. The number of carbonyl (C=O) groups excluding carboxylic acids is 2. The Morgan fingerprint density at radius 3 is 2.67 bits per heavy atom. The first kappa shape index (κ1) is 17.2. The molecule has 0 fully saturated rings. The number of ketones is 1. The number of hydrogen-bond acceptors (Lipinski definition) is 5. The minimum Gasteiger partial charge on any atom is -0.492 e. The number of Topliss-reactive ketones (excluding diaryl/α,β-unsaturated/α-hetero) is 1. The van der Waals surface area contributed by atoms with Crippen molar-refractivity contribution in [2.45, 2.75) is 26.7 Å². The van der Waals surface area contributed by atoms with Gasteiger partial charge in [-0.3, -0.25) is 9.59 Å². The lowest BCUT2D eigenvalue weighted by molar-refractivity contribution is -0.143. The number of esters is 1. The monoisotopic (exact) mass is 293 g/mol. The van der Waals surface area contributed by atoms with E-state index in [1.165, 1.54) is 6.92 Å². The standard InChI is InChI=1S/C16H23NO4/c1-3-20-16(19)9-6-10-17-11-12-21-15-8-5-4-7-14(15)13(2)18/h4-5,7-8,17H,3,6,9-12H2,1-2H3. The van der Waals surface area contributed by atoms with Crippen molar-refractivity contribution in [3.05, 3.63) is 29.8 Å². The summed E-state index contributed by atoms with van der Waals surface area (Å²) in [5.74, 6) is 0.442. The number of ether oxygens (including phenoxy) is 2. The second kappa shape index (κ2) is 9.94. The van der Waals surface area contributed by atoms with Gasteiger partial charge >= 0.3 is 5.97 Å². The molecular formula is C16H23NO4. The molecule has 0 aliphatic rings. The van der Waals surface area contributed by atoms with Crippen molar-refractivity contribution in [1.29, 1.82) is 0 Å². The minimum atomic E-state index is -0.161. The molecule has 0 saturated heterocycles. The Morgan fingerprint density at radius 2 is 1.95 bits per heavy atom. The van der Waals surface area contributed by atoms with E-state index in [-0.39, 0.29) is 11.8 Å². The Kier molecular flexibility index (Phi) is 8.12. The Morgan fingerprint density at radius 1 is 1.19 bits per heavy atom. The molecule has 0 unspecified atom stereocenters. The van der Waals surface area contributed by atoms with Gasteiger partial charge < -0.3 is 14.8 Å². The van der Waals surface area contributed by atoms with Crippen LogP contribution in [0.1, 0.15) is 37.0 Å². The average Bonchev–Trinajstić information content (AvgIpc) is 2.46. The maximum atomic E-state index is 11.4. The van der Waals surface area contributed by atoms with E-state index in [1.807, 2.05) is 12.1 Å². The molecule has 116 valence electrons. The molecule has 0 spiro atoms. The largest absolute Gasteiger partial charge is 0.492 e. The number of para-hydroxylation sites is 1. The molecule has 0 saturated carbocycles. The van der Waals surface area contributed by atoms with Gasteiger partial charge in [-0.25, -0.2) is 0 Å². The third-order valence-corrected chi connectivity index (χ3v) is 2.84.